The number of hydrogen-bond donors (Lipinski definition) is 2. The van der Waals surface area contributed by atoms with Gasteiger partial charge in [-0.15, -0.1) is 5.10 Å². The molecule has 0 amide bonds. The van der Waals surface area contributed by atoms with Gasteiger partial charge >= 0.3 is 0 Å². The van der Waals surface area contributed by atoms with Crippen molar-refractivity contribution < 1.29 is 13.9 Å². The largest absolute Gasteiger partial charge is 0.391 e. The third-order valence-corrected chi connectivity index (χ3v) is 6.76. The van der Waals surface area contributed by atoms with Gasteiger partial charge in [-0.1, -0.05) is 12.8 Å². The van der Waals surface area contributed by atoms with Gasteiger partial charge in [0, 0.05) is 49.7 Å². The van der Waals surface area contributed by atoms with Crippen molar-refractivity contribution in [2.24, 2.45) is 0 Å². The second-order valence-corrected chi connectivity index (χ2v) is 9.26. The van der Waals surface area contributed by atoms with E-state index in [1.165, 1.54) is 29.6 Å². The van der Waals surface area contributed by atoms with Crippen molar-refractivity contribution in [3.8, 4) is 5.69 Å². The van der Waals surface area contributed by atoms with Crippen LogP contribution in [0.1, 0.15) is 31.2 Å². The maximum absolute atomic E-state index is 13.5. The number of nitrogens with one attached hydrogen (secondary N) is 1. The third kappa shape index (κ3) is 5.05. The highest BCUT2D eigenvalue weighted by atomic mass is 19.1. The minimum absolute atomic E-state index is 0.203. The fourth-order valence-corrected chi connectivity index (χ4v) is 5.09. The minimum Gasteiger partial charge on any atom is -0.391 e. The number of nitrogens with zero attached hydrogens (tertiary/aromatic N) is 5. The molecule has 0 radical (unpaired) electrons. The zero-order valence-electron chi connectivity index (χ0n) is 19.3. The molecule has 5 rings (SSSR count). The van der Waals surface area contributed by atoms with E-state index in [1.54, 1.807) is 0 Å². The van der Waals surface area contributed by atoms with E-state index in [1.807, 2.05) is 13.0 Å². The Kier molecular flexibility index (Phi) is 6.47. The van der Waals surface area contributed by atoms with E-state index in [9.17, 15) is 13.9 Å². The average Bonchev–Trinajstić information content (AvgIpc) is 3.27. The molecule has 2 N–H and O–H groups in total. The molecule has 2 heterocycles. The van der Waals surface area contributed by atoms with E-state index in [-0.39, 0.29) is 11.8 Å². The van der Waals surface area contributed by atoms with E-state index in [0.29, 0.717) is 12.0 Å². The normalized spacial score (nSPS) is 21.6. The van der Waals surface area contributed by atoms with Crippen LogP contribution in [0, 0.1) is 18.6 Å². The van der Waals surface area contributed by atoms with E-state index < -0.39 is 11.6 Å². The number of aryl methyl sites for hydroxylation is 1. The Morgan fingerprint density at radius 3 is 2.38 bits per heavy atom. The van der Waals surface area contributed by atoms with Crippen molar-refractivity contribution in [1.29, 1.82) is 0 Å². The molecule has 34 heavy (non-hydrogen) atoms. The number of rotatable bonds is 5. The van der Waals surface area contributed by atoms with Crippen LogP contribution in [-0.2, 0) is 0 Å². The van der Waals surface area contributed by atoms with Crippen LogP contribution < -0.4 is 10.2 Å². The molecule has 7 nitrogen and oxygen atoms in total. The van der Waals surface area contributed by atoms with Gasteiger partial charge in [0.15, 0.2) is 0 Å². The first-order chi connectivity index (χ1) is 16.4. The van der Waals surface area contributed by atoms with Crippen LogP contribution >= 0.6 is 0 Å². The van der Waals surface area contributed by atoms with Crippen molar-refractivity contribution in [3.63, 3.8) is 0 Å². The molecule has 1 aliphatic carbocycles. The Hall–Kier alpha value is -3.04. The number of hydrogen-bond acceptors (Lipinski definition) is 6. The SMILES string of the molecule is Cc1cc(Nc2ncn(-c3cc(F)cc(F)c3)n2)cc(N2CCN(C3CCCCC3O)CC2)c1. The Bertz CT molecular complexity index is 1120. The lowest BCUT2D eigenvalue weighted by molar-refractivity contribution is 0.0173. The summed E-state index contributed by atoms with van der Waals surface area (Å²) < 4.78 is 28.4. The van der Waals surface area contributed by atoms with Gasteiger partial charge in [-0.3, -0.25) is 4.90 Å². The topological polar surface area (TPSA) is 69.5 Å². The van der Waals surface area contributed by atoms with Gasteiger partial charge in [-0.25, -0.2) is 13.5 Å². The number of aliphatic hydroxyl groups is 1. The van der Waals surface area contributed by atoms with E-state index in [2.05, 4.69) is 37.3 Å². The molecule has 1 saturated heterocycles. The van der Waals surface area contributed by atoms with Crippen molar-refractivity contribution in [2.75, 3.05) is 36.4 Å². The molecule has 1 aliphatic heterocycles. The molecule has 2 unspecified atom stereocenters. The van der Waals surface area contributed by atoms with Crippen LogP contribution in [0.2, 0.25) is 0 Å². The Labute approximate surface area is 198 Å². The quantitative estimate of drug-likeness (QED) is 0.590. The van der Waals surface area contributed by atoms with Crippen LogP contribution in [-0.4, -0.2) is 63.1 Å². The summed E-state index contributed by atoms with van der Waals surface area (Å²) in [5.41, 5.74) is 3.35. The zero-order chi connectivity index (χ0) is 23.7. The summed E-state index contributed by atoms with van der Waals surface area (Å²) in [4.78, 5) is 9.05. The minimum atomic E-state index is -0.665. The lowest BCUT2D eigenvalue weighted by atomic mass is 9.91. The number of benzene rings is 2. The van der Waals surface area contributed by atoms with Crippen molar-refractivity contribution >= 4 is 17.3 Å². The Balaban J connectivity index is 1.26. The molecular formula is C25H30F2N6O. The van der Waals surface area contributed by atoms with E-state index in [0.717, 1.165) is 68.4 Å². The van der Waals surface area contributed by atoms with Gasteiger partial charge in [-0.05, 0) is 55.7 Å². The van der Waals surface area contributed by atoms with E-state index >= 15 is 0 Å². The Morgan fingerprint density at radius 1 is 0.912 bits per heavy atom. The lowest BCUT2D eigenvalue weighted by Crippen LogP contribution is -2.54. The van der Waals surface area contributed by atoms with Crippen LogP contribution in [0.15, 0.2) is 42.7 Å². The number of aliphatic hydroxyl groups excluding tert-OH is 1. The summed E-state index contributed by atoms with van der Waals surface area (Å²) in [5.74, 6) is -0.986. The highest BCUT2D eigenvalue weighted by Gasteiger charge is 2.31. The van der Waals surface area contributed by atoms with Crippen molar-refractivity contribution in [3.05, 3.63) is 59.9 Å². The second-order valence-electron chi connectivity index (χ2n) is 9.26. The van der Waals surface area contributed by atoms with Gasteiger partial charge in [0.05, 0.1) is 11.8 Å². The molecule has 2 aromatic carbocycles. The predicted molar refractivity (Wildman–Crippen MR) is 128 cm³/mol. The maximum Gasteiger partial charge on any atom is 0.246 e. The molecule has 2 aliphatic rings. The summed E-state index contributed by atoms with van der Waals surface area (Å²) >= 11 is 0. The summed E-state index contributed by atoms with van der Waals surface area (Å²) in [6.45, 7) is 5.74. The first-order valence-corrected chi connectivity index (χ1v) is 11.9. The van der Waals surface area contributed by atoms with E-state index in [4.69, 9.17) is 0 Å². The molecule has 2 atom stereocenters. The highest BCUT2D eigenvalue weighted by molar-refractivity contribution is 5.64. The monoisotopic (exact) mass is 468 g/mol. The summed E-state index contributed by atoms with van der Waals surface area (Å²) in [6.07, 6.45) is 5.55. The summed E-state index contributed by atoms with van der Waals surface area (Å²) in [6, 6.07) is 9.78. The van der Waals surface area contributed by atoms with Crippen LogP contribution in [0.25, 0.3) is 5.69 Å². The fraction of sp³-hybridized carbons (Fsp3) is 0.440. The van der Waals surface area contributed by atoms with Gasteiger partial charge in [0.1, 0.15) is 18.0 Å². The van der Waals surface area contributed by atoms with Gasteiger partial charge in [0.25, 0.3) is 0 Å². The smallest absolute Gasteiger partial charge is 0.246 e. The molecule has 0 spiro atoms. The van der Waals surface area contributed by atoms with Gasteiger partial charge < -0.3 is 15.3 Å². The lowest BCUT2D eigenvalue weighted by Gasteiger charge is -2.43. The van der Waals surface area contributed by atoms with Gasteiger partial charge in [-0.2, -0.15) is 4.98 Å². The fourth-order valence-electron chi connectivity index (χ4n) is 5.09. The first-order valence-electron chi connectivity index (χ1n) is 11.9. The molecular weight excluding hydrogens is 438 g/mol. The van der Waals surface area contributed by atoms with Crippen molar-refractivity contribution in [2.45, 2.75) is 44.8 Å². The number of halogens is 2. The second kappa shape index (κ2) is 9.68. The summed E-state index contributed by atoms with van der Waals surface area (Å²) in [5, 5.41) is 17.9. The highest BCUT2D eigenvalue weighted by Crippen LogP contribution is 2.28. The van der Waals surface area contributed by atoms with Crippen LogP contribution in [0.5, 0.6) is 0 Å². The predicted octanol–water partition coefficient (Wildman–Crippen LogP) is 4.02. The number of piperazine rings is 1. The maximum atomic E-state index is 13.5. The zero-order valence-corrected chi connectivity index (χ0v) is 19.3. The average molecular weight is 469 g/mol. The van der Waals surface area contributed by atoms with Crippen molar-refractivity contribution in [1.82, 2.24) is 19.7 Å². The molecule has 0 bridgehead atoms. The first kappa shape index (κ1) is 22.7. The summed E-state index contributed by atoms with van der Waals surface area (Å²) in [7, 11) is 0. The standard InChI is InChI=1S/C25H30F2N6O/c1-17-10-20(29-25-28-16-33(30-25)22-13-18(26)12-19(27)14-22)15-21(11-17)31-6-8-32(9-7-31)23-4-2-3-5-24(23)34/h10-16,23-24,34H,2-9H2,1H3,(H,29,30). The molecule has 3 aromatic rings. The molecule has 9 heteroatoms. The molecule has 180 valence electrons. The van der Waals surface area contributed by atoms with Crippen LogP contribution in [0.4, 0.5) is 26.1 Å². The number of aromatic nitrogens is 3. The van der Waals surface area contributed by atoms with Gasteiger partial charge in [0.2, 0.25) is 5.95 Å². The molecule has 2 fully saturated rings. The number of anilines is 3. The molecule has 1 aromatic heterocycles. The third-order valence-electron chi connectivity index (χ3n) is 6.76. The van der Waals surface area contributed by atoms with Crippen LogP contribution in [0.3, 0.4) is 0 Å². The molecule has 1 saturated carbocycles. The Morgan fingerprint density at radius 2 is 1.65 bits per heavy atom.